The summed E-state index contributed by atoms with van der Waals surface area (Å²) in [5, 5.41) is 10.9. The fraction of sp³-hybridized carbons (Fsp3) is 0.200. The number of aryl methyl sites for hydroxylation is 1. The molecule has 0 spiro atoms. The fourth-order valence-electron chi connectivity index (χ4n) is 1.18. The maximum absolute atomic E-state index is 10.9. The van der Waals surface area contributed by atoms with E-state index in [2.05, 4.69) is 15.0 Å². The number of thiazole rings is 1. The summed E-state index contributed by atoms with van der Waals surface area (Å²) in [6.45, 7) is 1.92. The van der Waals surface area contributed by atoms with Crippen molar-refractivity contribution < 1.29 is 9.90 Å². The molecule has 5 nitrogen and oxygen atoms in total. The zero-order chi connectivity index (χ0) is 12.3. The van der Waals surface area contributed by atoms with Crippen LogP contribution in [0.4, 0.5) is 0 Å². The first-order valence-electron chi connectivity index (χ1n) is 4.74. The number of carbonyl (C=O) groups is 1. The molecule has 0 aliphatic carbocycles. The molecule has 7 heteroatoms. The van der Waals surface area contributed by atoms with Crippen LogP contribution in [-0.4, -0.2) is 26.0 Å². The number of nitrogens with zero attached hydrogens (tertiary/aromatic N) is 3. The van der Waals surface area contributed by atoms with Gasteiger partial charge >= 0.3 is 5.97 Å². The van der Waals surface area contributed by atoms with E-state index in [9.17, 15) is 4.79 Å². The van der Waals surface area contributed by atoms with E-state index in [1.165, 1.54) is 24.3 Å². The predicted molar refractivity (Wildman–Crippen MR) is 65.4 cm³/mol. The summed E-state index contributed by atoms with van der Waals surface area (Å²) >= 11 is 3.02. The van der Waals surface area contributed by atoms with Crippen LogP contribution in [0.5, 0.6) is 0 Å². The highest BCUT2D eigenvalue weighted by Crippen LogP contribution is 2.26. The lowest BCUT2D eigenvalue weighted by molar-refractivity contribution is 0.0695. The lowest BCUT2D eigenvalue weighted by Gasteiger charge is -2.01. The van der Waals surface area contributed by atoms with Gasteiger partial charge in [0, 0.05) is 23.0 Å². The SMILES string of the molecule is Cc1csc(SCc2ncncc2C(=O)O)n1. The Morgan fingerprint density at radius 3 is 3.06 bits per heavy atom. The maximum Gasteiger partial charge on any atom is 0.339 e. The van der Waals surface area contributed by atoms with Crippen molar-refractivity contribution in [2.24, 2.45) is 0 Å². The second-order valence-corrected chi connectivity index (χ2v) is 5.31. The smallest absolute Gasteiger partial charge is 0.339 e. The normalized spacial score (nSPS) is 10.4. The third-order valence-electron chi connectivity index (χ3n) is 1.96. The summed E-state index contributed by atoms with van der Waals surface area (Å²) in [7, 11) is 0. The van der Waals surface area contributed by atoms with Crippen molar-refractivity contribution in [3.63, 3.8) is 0 Å². The molecule has 1 N–H and O–H groups in total. The Balaban J connectivity index is 2.11. The van der Waals surface area contributed by atoms with E-state index in [0.717, 1.165) is 10.0 Å². The van der Waals surface area contributed by atoms with Crippen molar-refractivity contribution in [2.75, 3.05) is 0 Å². The third-order valence-corrected chi connectivity index (χ3v) is 4.11. The van der Waals surface area contributed by atoms with Gasteiger partial charge < -0.3 is 5.11 Å². The van der Waals surface area contributed by atoms with Gasteiger partial charge in [-0.2, -0.15) is 0 Å². The molecule has 0 aromatic carbocycles. The topological polar surface area (TPSA) is 76.0 Å². The summed E-state index contributed by atoms with van der Waals surface area (Å²) in [6, 6.07) is 0. The minimum Gasteiger partial charge on any atom is -0.478 e. The fourth-order valence-corrected chi connectivity index (χ4v) is 2.99. The molecule has 0 fully saturated rings. The predicted octanol–water partition coefficient (Wildman–Crippen LogP) is 2.23. The van der Waals surface area contributed by atoms with E-state index in [0.29, 0.717) is 11.4 Å². The van der Waals surface area contributed by atoms with Crippen LogP contribution < -0.4 is 0 Å². The van der Waals surface area contributed by atoms with Crippen LogP contribution in [0.2, 0.25) is 0 Å². The van der Waals surface area contributed by atoms with Crippen LogP contribution in [0, 0.1) is 6.92 Å². The Hall–Kier alpha value is -1.47. The number of hydrogen-bond acceptors (Lipinski definition) is 6. The minimum absolute atomic E-state index is 0.147. The number of hydrogen-bond donors (Lipinski definition) is 1. The number of aromatic nitrogens is 3. The standard InChI is InChI=1S/C10H9N3O2S2/c1-6-3-16-10(13-6)17-4-8-7(9(14)15)2-11-5-12-8/h2-3,5H,4H2,1H3,(H,14,15). The van der Waals surface area contributed by atoms with E-state index in [4.69, 9.17) is 5.11 Å². The lowest BCUT2D eigenvalue weighted by atomic mass is 10.2. The average Bonchev–Trinajstić information content (AvgIpc) is 2.73. The van der Waals surface area contributed by atoms with Gasteiger partial charge in [-0.15, -0.1) is 11.3 Å². The molecule has 0 aliphatic rings. The summed E-state index contributed by atoms with van der Waals surface area (Å²) < 4.78 is 0.914. The van der Waals surface area contributed by atoms with Gasteiger partial charge in [0.15, 0.2) is 0 Å². The molecule has 2 aromatic rings. The molecule has 2 heterocycles. The highest BCUT2D eigenvalue weighted by atomic mass is 32.2. The molecule has 0 unspecified atom stereocenters. The summed E-state index contributed by atoms with van der Waals surface area (Å²) in [4.78, 5) is 22.9. The van der Waals surface area contributed by atoms with Crippen LogP contribution in [0.15, 0.2) is 22.2 Å². The number of rotatable bonds is 4. The van der Waals surface area contributed by atoms with Gasteiger partial charge in [0.25, 0.3) is 0 Å². The number of aromatic carboxylic acids is 1. The van der Waals surface area contributed by atoms with E-state index in [-0.39, 0.29) is 5.56 Å². The molecule has 0 saturated carbocycles. The minimum atomic E-state index is -1.00. The molecule has 17 heavy (non-hydrogen) atoms. The van der Waals surface area contributed by atoms with Gasteiger partial charge in [-0.1, -0.05) is 11.8 Å². The van der Waals surface area contributed by atoms with Crippen molar-refractivity contribution in [3.8, 4) is 0 Å². The lowest BCUT2D eigenvalue weighted by Crippen LogP contribution is -2.04. The molecule has 0 atom stereocenters. The van der Waals surface area contributed by atoms with Gasteiger partial charge in [0.2, 0.25) is 0 Å². The zero-order valence-electron chi connectivity index (χ0n) is 8.95. The summed E-state index contributed by atoms with van der Waals surface area (Å²) in [5.74, 6) is -0.520. The molecule has 2 rings (SSSR count). The molecule has 0 saturated heterocycles. The Labute approximate surface area is 106 Å². The summed E-state index contributed by atoms with van der Waals surface area (Å²) in [6.07, 6.45) is 2.67. The number of carboxylic acids is 1. The first-order valence-corrected chi connectivity index (χ1v) is 6.60. The van der Waals surface area contributed by atoms with Gasteiger partial charge in [-0.05, 0) is 6.92 Å². The maximum atomic E-state index is 10.9. The number of carboxylic acid groups (broad SMARTS) is 1. The Kier molecular flexibility index (Phi) is 3.70. The Morgan fingerprint density at radius 1 is 1.59 bits per heavy atom. The van der Waals surface area contributed by atoms with Crippen LogP contribution >= 0.6 is 23.1 Å². The van der Waals surface area contributed by atoms with Crippen molar-refractivity contribution in [1.82, 2.24) is 15.0 Å². The van der Waals surface area contributed by atoms with Gasteiger partial charge in [0.1, 0.15) is 16.2 Å². The van der Waals surface area contributed by atoms with Gasteiger partial charge in [-0.25, -0.2) is 19.7 Å². The molecule has 88 valence electrons. The molecular formula is C10H9N3O2S2. The Bertz CT molecular complexity index is 542. The second kappa shape index (κ2) is 5.24. The van der Waals surface area contributed by atoms with E-state index < -0.39 is 5.97 Å². The summed E-state index contributed by atoms with van der Waals surface area (Å²) in [5.41, 5.74) is 1.64. The van der Waals surface area contributed by atoms with Crippen molar-refractivity contribution in [3.05, 3.63) is 34.9 Å². The van der Waals surface area contributed by atoms with Crippen LogP contribution in [0.1, 0.15) is 21.7 Å². The molecule has 0 amide bonds. The van der Waals surface area contributed by atoms with Gasteiger partial charge in [-0.3, -0.25) is 0 Å². The zero-order valence-corrected chi connectivity index (χ0v) is 10.6. The quantitative estimate of drug-likeness (QED) is 0.856. The Morgan fingerprint density at radius 2 is 2.41 bits per heavy atom. The first-order chi connectivity index (χ1) is 8.16. The largest absolute Gasteiger partial charge is 0.478 e. The second-order valence-electron chi connectivity index (χ2n) is 3.23. The molecular weight excluding hydrogens is 258 g/mol. The highest BCUT2D eigenvalue weighted by molar-refractivity contribution is 8.00. The molecule has 2 aromatic heterocycles. The van der Waals surface area contributed by atoms with Crippen LogP contribution in [0.25, 0.3) is 0 Å². The molecule has 0 bridgehead atoms. The van der Waals surface area contributed by atoms with E-state index in [1.807, 2.05) is 12.3 Å². The molecule has 0 aliphatic heterocycles. The monoisotopic (exact) mass is 267 g/mol. The first kappa shape index (κ1) is 12.0. The number of thioether (sulfide) groups is 1. The van der Waals surface area contributed by atoms with Gasteiger partial charge in [0.05, 0.1) is 5.69 Å². The van der Waals surface area contributed by atoms with E-state index in [1.54, 1.807) is 11.3 Å². The van der Waals surface area contributed by atoms with Crippen LogP contribution in [0.3, 0.4) is 0 Å². The van der Waals surface area contributed by atoms with Crippen molar-refractivity contribution >= 4 is 29.1 Å². The highest BCUT2D eigenvalue weighted by Gasteiger charge is 2.12. The van der Waals surface area contributed by atoms with E-state index >= 15 is 0 Å². The van der Waals surface area contributed by atoms with Crippen LogP contribution in [-0.2, 0) is 5.75 Å². The third kappa shape index (κ3) is 3.01. The van der Waals surface area contributed by atoms with Crippen molar-refractivity contribution in [2.45, 2.75) is 17.0 Å². The van der Waals surface area contributed by atoms with Crippen molar-refractivity contribution in [1.29, 1.82) is 0 Å². The average molecular weight is 267 g/mol. The molecule has 0 radical (unpaired) electrons.